The van der Waals surface area contributed by atoms with Crippen LogP contribution in [0.4, 0.5) is 11.6 Å². The van der Waals surface area contributed by atoms with Crippen LogP contribution in [0.5, 0.6) is 11.5 Å². The SMILES string of the molecule is CCCCN(C)c1cc(NCc2ccc3c(c2)OCO3)nc(-c2ccccc2)n1. The van der Waals surface area contributed by atoms with Crippen molar-refractivity contribution in [1.29, 1.82) is 0 Å². The minimum absolute atomic E-state index is 0.284. The molecule has 150 valence electrons. The third kappa shape index (κ3) is 4.59. The van der Waals surface area contributed by atoms with Crippen LogP contribution in [0.3, 0.4) is 0 Å². The monoisotopic (exact) mass is 390 g/mol. The van der Waals surface area contributed by atoms with Crippen LogP contribution >= 0.6 is 0 Å². The standard InChI is InChI=1S/C23H26N4O2/c1-3-4-12-27(2)22-14-21(25-23(26-22)18-8-6-5-7-9-18)24-15-17-10-11-19-20(13-17)29-16-28-19/h5-11,13-14H,3-4,12,15-16H2,1-2H3,(H,24,25,26). The summed E-state index contributed by atoms with van der Waals surface area (Å²) < 4.78 is 10.9. The van der Waals surface area contributed by atoms with Gasteiger partial charge in [0.2, 0.25) is 6.79 Å². The Balaban J connectivity index is 1.57. The van der Waals surface area contributed by atoms with Gasteiger partial charge in [-0.15, -0.1) is 0 Å². The topological polar surface area (TPSA) is 59.5 Å². The Labute approximate surface area is 171 Å². The maximum Gasteiger partial charge on any atom is 0.231 e. The second-order valence-corrected chi connectivity index (χ2v) is 7.12. The van der Waals surface area contributed by atoms with Crippen molar-refractivity contribution in [3.8, 4) is 22.9 Å². The lowest BCUT2D eigenvalue weighted by Gasteiger charge is -2.19. The summed E-state index contributed by atoms with van der Waals surface area (Å²) in [4.78, 5) is 11.7. The second-order valence-electron chi connectivity index (χ2n) is 7.12. The van der Waals surface area contributed by atoms with Gasteiger partial charge in [0.25, 0.3) is 0 Å². The molecule has 0 spiro atoms. The van der Waals surface area contributed by atoms with Crippen molar-refractivity contribution in [2.45, 2.75) is 26.3 Å². The van der Waals surface area contributed by atoms with E-state index >= 15 is 0 Å². The van der Waals surface area contributed by atoms with Gasteiger partial charge in [0.05, 0.1) is 0 Å². The Morgan fingerprint density at radius 1 is 1.00 bits per heavy atom. The molecule has 0 fully saturated rings. The first kappa shape index (κ1) is 19.1. The van der Waals surface area contributed by atoms with Gasteiger partial charge in [0, 0.05) is 31.8 Å². The number of ether oxygens (including phenoxy) is 2. The summed E-state index contributed by atoms with van der Waals surface area (Å²) in [7, 11) is 2.08. The molecule has 1 N–H and O–H groups in total. The molecule has 0 bridgehead atoms. The van der Waals surface area contributed by atoms with Gasteiger partial charge in [0.1, 0.15) is 11.6 Å². The molecule has 6 nitrogen and oxygen atoms in total. The van der Waals surface area contributed by atoms with E-state index in [1.54, 1.807) is 0 Å². The van der Waals surface area contributed by atoms with E-state index in [0.717, 1.165) is 59.5 Å². The number of rotatable bonds is 8. The summed E-state index contributed by atoms with van der Waals surface area (Å²) >= 11 is 0. The molecule has 0 radical (unpaired) electrons. The predicted octanol–water partition coefficient (Wildman–Crippen LogP) is 4.72. The smallest absolute Gasteiger partial charge is 0.231 e. The lowest BCUT2D eigenvalue weighted by atomic mass is 10.2. The molecule has 1 aliphatic heterocycles. The normalized spacial score (nSPS) is 12.1. The second kappa shape index (κ2) is 8.82. The van der Waals surface area contributed by atoms with Gasteiger partial charge in [-0.05, 0) is 24.1 Å². The fourth-order valence-electron chi connectivity index (χ4n) is 3.19. The highest BCUT2D eigenvalue weighted by Crippen LogP contribution is 2.32. The van der Waals surface area contributed by atoms with Crippen molar-refractivity contribution in [3.63, 3.8) is 0 Å². The molecule has 0 amide bonds. The van der Waals surface area contributed by atoms with Gasteiger partial charge in [-0.1, -0.05) is 49.7 Å². The number of fused-ring (bicyclic) bond motifs is 1. The molecule has 29 heavy (non-hydrogen) atoms. The van der Waals surface area contributed by atoms with E-state index in [4.69, 9.17) is 19.4 Å². The quantitative estimate of drug-likeness (QED) is 0.600. The molecule has 6 heteroatoms. The molecule has 2 aromatic carbocycles. The van der Waals surface area contributed by atoms with Gasteiger partial charge in [-0.25, -0.2) is 9.97 Å². The van der Waals surface area contributed by atoms with Crippen LogP contribution in [-0.4, -0.2) is 30.4 Å². The Bertz CT molecular complexity index is 962. The number of anilines is 2. The fraction of sp³-hybridized carbons (Fsp3) is 0.304. The molecule has 3 aromatic rings. The number of hydrogen-bond donors (Lipinski definition) is 1. The molecular formula is C23H26N4O2. The highest BCUT2D eigenvalue weighted by Gasteiger charge is 2.14. The van der Waals surface area contributed by atoms with Crippen LogP contribution in [0, 0.1) is 0 Å². The Morgan fingerprint density at radius 3 is 2.66 bits per heavy atom. The Kier molecular flexibility index (Phi) is 5.79. The highest BCUT2D eigenvalue weighted by atomic mass is 16.7. The number of aromatic nitrogens is 2. The summed E-state index contributed by atoms with van der Waals surface area (Å²) in [6, 6.07) is 18.1. The van der Waals surface area contributed by atoms with Crippen LogP contribution < -0.4 is 19.7 Å². The van der Waals surface area contributed by atoms with Gasteiger partial charge in [0.15, 0.2) is 17.3 Å². The molecule has 2 heterocycles. The van der Waals surface area contributed by atoms with E-state index in [0.29, 0.717) is 6.54 Å². The van der Waals surface area contributed by atoms with Crippen molar-refractivity contribution < 1.29 is 9.47 Å². The Hall–Kier alpha value is -3.28. The van der Waals surface area contributed by atoms with Crippen LogP contribution in [0.15, 0.2) is 54.6 Å². The number of unbranched alkanes of at least 4 members (excludes halogenated alkanes) is 1. The Morgan fingerprint density at radius 2 is 1.83 bits per heavy atom. The number of hydrogen-bond acceptors (Lipinski definition) is 6. The molecule has 0 unspecified atom stereocenters. The molecule has 1 aliphatic rings. The minimum Gasteiger partial charge on any atom is -0.454 e. The summed E-state index contributed by atoms with van der Waals surface area (Å²) in [5.41, 5.74) is 2.11. The van der Waals surface area contributed by atoms with Crippen molar-refractivity contribution in [2.24, 2.45) is 0 Å². The lowest BCUT2D eigenvalue weighted by molar-refractivity contribution is 0.174. The van der Waals surface area contributed by atoms with E-state index in [-0.39, 0.29) is 6.79 Å². The first-order valence-electron chi connectivity index (χ1n) is 10.0. The summed E-state index contributed by atoms with van der Waals surface area (Å²) in [6.07, 6.45) is 2.28. The predicted molar refractivity (Wildman–Crippen MR) is 116 cm³/mol. The lowest BCUT2D eigenvalue weighted by Crippen LogP contribution is -2.20. The maximum absolute atomic E-state index is 5.47. The molecule has 4 rings (SSSR count). The van der Waals surface area contributed by atoms with Crippen molar-refractivity contribution in [3.05, 3.63) is 60.2 Å². The van der Waals surface area contributed by atoms with Gasteiger partial charge in [-0.3, -0.25) is 0 Å². The molecule has 0 aliphatic carbocycles. The number of benzene rings is 2. The minimum atomic E-state index is 0.284. The summed E-state index contributed by atoms with van der Waals surface area (Å²) in [5.74, 6) is 4.02. The molecule has 0 saturated carbocycles. The fourth-order valence-corrected chi connectivity index (χ4v) is 3.19. The summed E-state index contributed by atoms with van der Waals surface area (Å²) in [5, 5.41) is 3.44. The molecular weight excluding hydrogens is 364 g/mol. The van der Waals surface area contributed by atoms with Crippen molar-refractivity contribution >= 4 is 11.6 Å². The first-order valence-corrected chi connectivity index (χ1v) is 10.0. The third-order valence-electron chi connectivity index (χ3n) is 4.89. The van der Waals surface area contributed by atoms with Crippen LogP contribution in [-0.2, 0) is 6.54 Å². The van der Waals surface area contributed by atoms with Crippen LogP contribution in [0.2, 0.25) is 0 Å². The van der Waals surface area contributed by atoms with Crippen LogP contribution in [0.1, 0.15) is 25.3 Å². The average Bonchev–Trinajstić information content (AvgIpc) is 3.24. The van der Waals surface area contributed by atoms with E-state index in [1.807, 2.05) is 54.6 Å². The average molecular weight is 390 g/mol. The molecule has 0 atom stereocenters. The van der Waals surface area contributed by atoms with Gasteiger partial charge >= 0.3 is 0 Å². The number of nitrogens with one attached hydrogen (secondary N) is 1. The number of nitrogens with zero attached hydrogens (tertiary/aromatic N) is 3. The van der Waals surface area contributed by atoms with Crippen LogP contribution in [0.25, 0.3) is 11.4 Å². The molecule has 1 aromatic heterocycles. The summed E-state index contributed by atoms with van der Waals surface area (Å²) in [6.45, 7) is 4.08. The third-order valence-corrected chi connectivity index (χ3v) is 4.89. The highest BCUT2D eigenvalue weighted by molar-refractivity contribution is 5.61. The zero-order chi connectivity index (χ0) is 20.1. The largest absolute Gasteiger partial charge is 0.454 e. The van der Waals surface area contributed by atoms with E-state index < -0.39 is 0 Å². The van der Waals surface area contributed by atoms with E-state index in [2.05, 4.69) is 24.2 Å². The maximum atomic E-state index is 5.47. The zero-order valence-electron chi connectivity index (χ0n) is 16.9. The van der Waals surface area contributed by atoms with Crippen molar-refractivity contribution in [2.75, 3.05) is 30.6 Å². The van der Waals surface area contributed by atoms with E-state index in [1.165, 1.54) is 0 Å². The van der Waals surface area contributed by atoms with Gasteiger partial charge in [-0.2, -0.15) is 0 Å². The van der Waals surface area contributed by atoms with E-state index in [9.17, 15) is 0 Å². The first-order chi connectivity index (χ1) is 14.2. The molecule has 0 saturated heterocycles. The van der Waals surface area contributed by atoms with Gasteiger partial charge < -0.3 is 19.7 Å². The van der Waals surface area contributed by atoms with Crippen molar-refractivity contribution in [1.82, 2.24) is 9.97 Å². The zero-order valence-corrected chi connectivity index (χ0v) is 16.9.